The SMILES string of the molecule is O[C@@H]1CCCC[C@H]1NCc1cnsc1. The number of nitrogens with one attached hydrogen (secondary N) is 1. The van der Waals surface area contributed by atoms with Crippen molar-refractivity contribution in [3.05, 3.63) is 17.1 Å². The van der Waals surface area contributed by atoms with Gasteiger partial charge in [0.25, 0.3) is 0 Å². The van der Waals surface area contributed by atoms with Gasteiger partial charge in [0.05, 0.1) is 6.10 Å². The second kappa shape index (κ2) is 4.87. The zero-order valence-electron chi connectivity index (χ0n) is 8.15. The van der Waals surface area contributed by atoms with Crippen molar-refractivity contribution in [1.29, 1.82) is 0 Å². The molecule has 78 valence electrons. The summed E-state index contributed by atoms with van der Waals surface area (Å²) in [5.74, 6) is 0. The summed E-state index contributed by atoms with van der Waals surface area (Å²) in [6.45, 7) is 0.832. The highest BCUT2D eigenvalue weighted by molar-refractivity contribution is 7.03. The van der Waals surface area contributed by atoms with Gasteiger partial charge < -0.3 is 10.4 Å². The predicted molar refractivity (Wildman–Crippen MR) is 57.2 cm³/mol. The van der Waals surface area contributed by atoms with E-state index in [1.807, 2.05) is 11.6 Å². The van der Waals surface area contributed by atoms with Crippen LogP contribution in [0.5, 0.6) is 0 Å². The van der Waals surface area contributed by atoms with Crippen LogP contribution in [0.15, 0.2) is 11.6 Å². The molecule has 0 aromatic carbocycles. The molecule has 0 amide bonds. The molecule has 0 bridgehead atoms. The molecule has 2 atom stereocenters. The maximum absolute atomic E-state index is 9.72. The molecule has 3 nitrogen and oxygen atoms in total. The van der Waals surface area contributed by atoms with Crippen molar-refractivity contribution in [3.63, 3.8) is 0 Å². The quantitative estimate of drug-likeness (QED) is 0.799. The van der Waals surface area contributed by atoms with Crippen molar-refractivity contribution in [3.8, 4) is 0 Å². The molecular weight excluding hydrogens is 196 g/mol. The van der Waals surface area contributed by atoms with Crippen LogP contribution in [0.1, 0.15) is 31.2 Å². The number of hydrogen-bond donors (Lipinski definition) is 2. The van der Waals surface area contributed by atoms with Crippen molar-refractivity contribution in [1.82, 2.24) is 9.69 Å². The van der Waals surface area contributed by atoms with Crippen molar-refractivity contribution >= 4 is 11.5 Å². The third-order valence-electron chi connectivity index (χ3n) is 2.78. The first-order valence-corrected chi connectivity index (χ1v) is 5.99. The number of rotatable bonds is 3. The van der Waals surface area contributed by atoms with E-state index in [0.717, 1.165) is 19.4 Å². The Hall–Kier alpha value is -0.450. The summed E-state index contributed by atoms with van der Waals surface area (Å²) < 4.78 is 4.04. The van der Waals surface area contributed by atoms with Crippen LogP contribution in [0.25, 0.3) is 0 Å². The van der Waals surface area contributed by atoms with Crippen molar-refractivity contribution < 1.29 is 5.11 Å². The van der Waals surface area contributed by atoms with Crippen LogP contribution in [0, 0.1) is 0 Å². The van der Waals surface area contributed by atoms with E-state index in [0.29, 0.717) is 0 Å². The van der Waals surface area contributed by atoms with Crippen molar-refractivity contribution in [2.24, 2.45) is 0 Å². The standard InChI is InChI=1S/C10H16N2OS/c13-10-4-2-1-3-9(10)11-5-8-6-12-14-7-8/h6-7,9-11,13H,1-5H2/t9-,10-/m1/s1. The Kier molecular flexibility index (Phi) is 3.50. The first-order chi connectivity index (χ1) is 6.86. The lowest BCUT2D eigenvalue weighted by molar-refractivity contribution is 0.0903. The van der Waals surface area contributed by atoms with Gasteiger partial charge >= 0.3 is 0 Å². The smallest absolute Gasteiger partial charge is 0.0693 e. The molecule has 1 aromatic heterocycles. The van der Waals surface area contributed by atoms with Crippen LogP contribution in [0.3, 0.4) is 0 Å². The van der Waals surface area contributed by atoms with Crippen LogP contribution in [-0.2, 0) is 6.54 Å². The molecule has 1 aliphatic rings. The van der Waals surface area contributed by atoms with Gasteiger partial charge in [-0.2, -0.15) is 0 Å². The third kappa shape index (κ3) is 2.53. The van der Waals surface area contributed by atoms with E-state index in [2.05, 4.69) is 9.69 Å². The van der Waals surface area contributed by atoms with Crippen LogP contribution >= 0.6 is 11.5 Å². The molecule has 0 aliphatic heterocycles. The molecule has 0 saturated heterocycles. The monoisotopic (exact) mass is 212 g/mol. The number of aromatic nitrogens is 1. The normalized spacial score (nSPS) is 27.8. The predicted octanol–water partition coefficient (Wildman–Crippen LogP) is 1.54. The summed E-state index contributed by atoms with van der Waals surface area (Å²) in [6.07, 6.45) is 6.16. The lowest BCUT2D eigenvalue weighted by atomic mass is 9.92. The van der Waals surface area contributed by atoms with Gasteiger partial charge in [0.1, 0.15) is 0 Å². The van der Waals surface area contributed by atoms with E-state index in [9.17, 15) is 5.11 Å². The summed E-state index contributed by atoms with van der Waals surface area (Å²) in [5, 5.41) is 15.2. The minimum Gasteiger partial charge on any atom is -0.392 e. The Morgan fingerprint density at radius 3 is 3.07 bits per heavy atom. The fourth-order valence-electron chi connectivity index (χ4n) is 1.91. The second-order valence-corrected chi connectivity index (χ2v) is 4.53. The van der Waals surface area contributed by atoms with Gasteiger partial charge in [-0.15, -0.1) is 0 Å². The third-order valence-corrected chi connectivity index (χ3v) is 3.42. The van der Waals surface area contributed by atoms with E-state index < -0.39 is 0 Å². The molecule has 0 unspecified atom stereocenters. The number of aliphatic hydroxyl groups excluding tert-OH is 1. The zero-order chi connectivity index (χ0) is 9.80. The van der Waals surface area contributed by atoms with Gasteiger partial charge in [-0.25, -0.2) is 4.37 Å². The second-order valence-electron chi connectivity index (χ2n) is 3.87. The Bertz CT molecular complexity index is 263. The molecule has 0 spiro atoms. The lowest BCUT2D eigenvalue weighted by Crippen LogP contribution is -2.41. The highest BCUT2D eigenvalue weighted by atomic mass is 32.1. The van der Waals surface area contributed by atoms with Gasteiger partial charge in [-0.3, -0.25) is 0 Å². The van der Waals surface area contributed by atoms with Gasteiger partial charge in [0, 0.05) is 24.2 Å². The Morgan fingerprint density at radius 2 is 2.36 bits per heavy atom. The van der Waals surface area contributed by atoms with Gasteiger partial charge in [-0.05, 0) is 29.9 Å². The minimum absolute atomic E-state index is 0.157. The van der Waals surface area contributed by atoms with Crippen molar-refractivity contribution in [2.45, 2.75) is 44.4 Å². The molecule has 1 heterocycles. The summed E-state index contributed by atoms with van der Waals surface area (Å²) >= 11 is 1.47. The minimum atomic E-state index is -0.157. The lowest BCUT2D eigenvalue weighted by Gasteiger charge is -2.28. The number of nitrogens with zero attached hydrogens (tertiary/aromatic N) is 1. The maximum Gasteiger partial charge on any atom is 0.0693 e. The largest absolute Gasteiger partial charge is 0.392 e. The number of hydrogen-bond acceptors (Lipinski definition) is 4. The molecule has 1 aliphatic carbocycles. The van der Waals surface area contributed by atoms with Crippen LogP contribution in [-0.4, -0.2) is 21.6 Å². The zero-order valence-corrected chi connectivity index (χ0v) is 8.96. The highest BCUT2D eigenvalue weighted by Gasteiger charge is 2.21. The average molecular weight is 212 g/mol. The molecular formula is C10H16N2OS. The molecule has 1 saturated carbocycles. The molecule has 0 radical (unpaired) electrons. The fourth-order valence-corrected chi connectivity index (χ4v) is 2.45. The van der Waals surface area contributed by atoms with E-state index in [1.165, 1.54) is 29.9 Å². The summed E-state index contributed by atoms with van der Waals surface area (Å²) in [5.41, 5.74) is 1.22. The maximum atomic E-state index is 9.72. The van der Waals surface area contributed by atoms with Crippen LogP contribution < -0.4 is 5.32 Å². The molecule has 2 N–H and O–H groups in total. The Morgan fingerprint density at radius 1 is 1.50 bits per heavy atom. The van der Waals surface area contributed by atoms with E-state index in [1.54, 1.807) is 0 Å². The van der Waals surface area contributed by atoms with E-state index in [-0.39, 0.29) is 12.1 Å². The Balaban J connectivity index is 1.79. The van der Waals surface area contributed by atoms with Gasteiger partial charge in [0.2, 0.25) is 0 Å². The summed E-state index contributed by atoms with van der Waals surface area (Å²) in [6, 6.07) is 0.281. The van der Waals surface area contributed by atoms with Gasteiger partial charge in [-0.1, -0.05) is 12.8 Å². The number of aliphatic hydroxyl groups is 1. The molecule has 2 rings (SSSR count). The fraction of sp³-hybridized carbons (Fsp3) is 0.700. The van der Waals surface area contributed by atoms with Crippen molar-refractivity contribution in [2.75, 3.05) is 0 Å². The highest BCUT2D eigenvalue weighted by Crippen LogP contribution is 2.18. The average Bonchev–Trinajstić information content (AvgIpc) is 2.69. The van der Waals surface area contributed by atoms with Crippen LogP contribution in [0.2, 0.25) is 0 Å². The van der Waals surface area contributed by atoms with Crippen LogP contribution in [0.4, 0.5) is 0 Å². The van der Waals surface area contributed by atoms with E-state index >= 15 is 0 Å². The molecule has 1 fully saturated rings. The molecule has 14 heavy (non-hydrogen) atoms. The topological polar surface area (TPSA) is 45.1 Å². The molecule has 4 heteroatoms. The first kappa shape index (κ1) is 10.1. The van der Waals surface area contributed by atoms with E-state index in [4.69, 9.17) is 0 Å². The summed E-state index contributed by atoms with van der Waals surface area (Å²) in [7, 11) is 0. The van der Waals surface area contributed by atoms with Gasteiger partial charge in [0.15, 0.2) is 0 Å². The Labute approximate surface area is 88.3 Å². The summed E-state index contributed by atoms with van der Waals surface area (Å²) in [4.78, 5) is 0. The molecule has 1 aromatic rings. The first-order valence-electron chi connectivity index (χ1n) is 5.16.